The molecular formula is C10H11ClN2O. The summed E-state index contributed by atoms with van der Waals surface area (Å²) in [5.41, 5.74) is 0.895. The van der Waals surface area contributed by atoms with Crippen LogP contribution >= 0.6 is 11.6 Å². The maximum Gasteiger partial charge on any atom is 0.321 e. The van der Waals surface area contributed by atoms with Crippen LogP contribution in [0.1, 0.15) is 6.42 Å². The summed E-state index contributed by atoms with van der Waals surface area (Å²) in [6.45, 7) is 1.54. The molecule has 0 radical (unpaired) electrons. The van der Waals surface area contributed by atoms with Gasteiger partial charge >= 0.3 is 6.03 Å². The van der Waals surface area contributed by atoms with Gasteiger partial charge in [-0.3, -0.25) is 4.90 Å². The van der Waals surface area contributed by atoms with Crippen molar-refractivity contribution in [2.24, 2.45) is 0 Å². The first-order valence-electron chi connectivity index (χ1n) is 4.58. The number of amides is 2. The molecule has 0 aromatic heterocycles. The monoisotopic (exact) mass is 210 g/mol. The van der Waals surface area contributed by atoms with Gasteiger partial charge < -0.3 is 5.32 Å². The van der Waals surface area contributed by atoms with E-state index >= 15 is 0 Å². The van der Waals surface area contributed by atoms with Gasteiger partial charge in [0.05, 0.1) is 0 Å². The highest BCUT2D eigenvalue weighted by molar-refractivity contribution is 6.30. The van der Waals surface area contributed by atoms with Crippen LogP contribution in [0.4, 0.5) is 10.5 Å². The van der Waals surface area contributed by atoms with Gasteiger partial charge in [0.25, 0.3) is 0 Å². The van der Waals surface area contributed by atoms with Gasteiger partial charge in [0.2, 0.25) is 0 Å². The zero-order valence-electron chi connectivity index (χ0n) is 7.66. The van der Waals surface area contributed by atoms with E-state index < -0.39 is 0 Å². The fourth-order valence-corrected chi connectivity index (χ4v) is 1.62. The summed E-state index contributed by atoms with van der Waals surface area (Å²) in [7, 11) is 0. The van der Waals surface area contributed by atoms with E-state index in [0.717, 1.165) is 25.2 Å². The van der Waals surface area contributed by atoms with E-state index in [4.69, 9.17) is 11.6 Å². The van der Waals surface area contributed by atoms with Crippen LogP contribution < -0.4 is 10.2 Å². The van der Waals surface area contributed by atoms with Crippen molar-refractivity contribution in [3.05, 3.63) is 29.3 Å². The number of hydrogen-bond donors (Lipinski definition) is 1. The Morgan fingerprint density at radius 2 is 2.00 bits per heavy atom. The molecule has 1 aliphatic rings. The Morgan fingerprint density at radius 3 is 2.64 bits per heavy atom. The minimum absolute atomic E-state index is 0.0291. The molecule has 4 heteroatoms. The van der Waals surface area contributed by atoms with Gasteiger partial charge in [-0.25, -0.2) is 4.79 Å². The minimum atomic E-state index is -0.0291. The molecule has 1 aliphatic heterocycles. The van der Waals surface area contributed by atoms with E-state index in [1.807, 2.05) is 12.1 Å². The van der Waals surface area contributed by atoms with Gasteiger partial charge in [-0.05, 0) is 30.7 Å². The molecule has 1 fully saturated rings. The molecule has 0 aliphatic carbocycles. The second-order valence-corrected chi connectivity index (χ2v) is 3.65. The van der Waals surface area contributed by atoms with Gasteiger partial charge in [0.1, 0.15) is 0 Å². The smallest absolute Gasteiger partial charge is 0.321 e. The van der Waals surface area contributed by atoms with Crippen LogP contribution in [0, 0.1) is 0 Å². The third-order valence-corrected chi connectivity index (χ3v) is 2.47. The Labute approximate surface area is 87.7 Å². The highest BCUT2D eigenvalue weighted by Crippen LogP contribution is 2.19. The molecule has 1 aromatic rings. The third kappa shape index (κ3) is 1.82. The summed E-state index contributed by atoms with van der Waals surface area (Å²) in [5.74, 6) is 0. The first kappa shape index (κ1) is 9.34. The molecule has 2 amide bonds. The molecule has 1 saturated heterocycles. The summed E-state index contributed by atoms with van der Waals surface area (Å²) < 4.78 is 0. The van der Waals surface area contributed by atoms with E-state index in [-0.39, 0.29) is 6.03 Å². The molecule has 3 nitrogen and oxygen atoms in total. The molecule has 0 unspecified atom stereocenters. The average molecular weight is 211 g/mol. The summed E-state index contributed by atoms with van der Waals surface area (Å²) in [6.07, 6.45) is 0.981. The number of urea groups is 1. The first-order chi connectivity index (χ1) is 6.77. The Hall–Kier alpha value is -1.22. The molecule has 1 N–H and O–H groups in total. The lowest BCUT2D eigenvalue weighted by Crippen LogP contribution is -2.46. The van der Waals surface area contributed by atoms with Gasteiger partial charge in [-0.1, -0.05) is 11.6 Å². The van der Waals surface area contributed by atoms with Gasteiger partial charge in [0.15, 0.2) is 0 Å². The molecule has 1 aromatic carbocycles. The lowest BCUT2D eigenvalue weighted by molar-refractivity contribution is 0.243. The molecule has 74 valence electrons. The maximum absolute atomic E-state index is 11.5. The molecule has 0 spiro atoms. The number of carbonyl (C=O) groups excluding carboxylic acids is 1. The predicted molar refractivity (Wildman–Crippen MR) is 56.8 cm³/mol. The number of nitrogens with one attached hydrogen (secondary N) is 1. The molecular weight excluding hydrogens is 200 g/mol. The van der Waals surface area contributed by atoms with Crippen molar-refractivity contribution in [2.75, 3.05) is 18.0 Å². The number of anilines is 1. The number of benzene rings is 1. The zero-order chi connectivity index (χ0) is 9.97. The van der Waals surface area contributed by atoms with Crippen molar-refractivity contribution >= 4 is 23.3 Å². The molecule has 0 bridgehead atoms. The van der Waals surface area contributed by atoms with Crippen molar-refractivity contribution in [3.63, 3.8) is 0 Å². The normalized spacial score (nSPS) is 16.6. The Balaban J connectivity index is 2.20. The van der Waals surface area contributed by atoms with Gasteiger partial charge in [0, 0.05) is 23.8 Å². The summed E-state index contributed by atoms with van der Waals surface area (Å²) in [5, 5.41) is 3.49. The number of carbonyl (C=O) groups is 1. The molecule has 1 heterocycles. The van der Waals surface area contributed by atoms with Crippen LogP contribution in [0.15, 0.2) is 24.3 Å². The third-order valence-electron chi connectivity index (χ3n) is 2.22. The van der Waals surface area contributed by atoms with Crippen molar-refractivity contribution < 1.29 is 4.79 Å². The molecule has 0 atom stereocenters. The van der Waals surface area contributed by atoms with Crippen molar-refractivity contribution in [3.8, 4) is 0 Å². The predicted octanol–water partition coefficient (Wildman–Crippen LogP) is 2.26. The minimum Gasteiger partial charge on any atom is -0.338 e. The second-order valence-electron chi connectivity index (χ2n) is 3.21. The number of rotatable bonds is 1. The van der Waals surface area contributed by atoms with Crippen LogP contribution in [0.3, 0.4) is 0 Å². The second kappa shape index (κ2) is 3.88. The SMILES string of the molecule is O=C1NCCCN1c1ccc(Cl)cc1. The van der Waals surface area contributed by atoms with Crippen LogP contribution in [0.25, 0.3) is 0 Å². The van der Waals surface area contributed by atoms with Crippen LogP contribution in [0.5, 0.6) is 0 Å². The van der Waals surface area contributed by atoms with Crippen molar-refractivity contribution in [1.29, 1.82) is 0 Å². The standard InChI is InChI=1S/C10H11ClN2O/c11-8-2-4-9(5-3-8)13-7-1-6-12-10(13)14/h2-5H,1,6-7H2,(H,12,14). The van der Waals surface area contributed by atoms with Crippen molar-refractivity contribution in [1.82, 2.24) is 5.32 Å². The Morgan fingerprint density at radius 1 is 1.29 bits per heavy atom. The fourth-order valence-electron chi connectivity index (χ4n) is 1.50. The fraction of sp³-hybridized carbons (Fsp3) is 0.300. The van der Waals surface area contributed by atoms with E-state index in [1.165, 1.54) is 0 Å². The van der Waals surface area contributed by atoms with E-state index in [1.54, 1.807) is 17.0 Å². The molecule has 0 saturated carbocycles. The van der Waals surface area contributed by atoms with E-state index in [9.17, 15) is 4.79 Å². The largest absolute Gasteiger partial charge is 0.338 e. The Kier molecular flexibility index (Phi) is 2.59. The molecule has 14 heavy (non-hydrogen) atoms. The summed E-state index contributed by atoms with van der Waals surface area (Å²) in [6, 6.07) is 7.26. The number of hydrogen-bond acceptors (Lipinski definition) is 1. The van der Waals surface area contributed by atoms with Crippen LogP contribution in [-0.4, -0.2) is 19.1 Å². The quantitative estimate of drug-likeness (QED) is 0.758. The highest BCUT2D eigenvalue weighted by atomic mass is 35.5. The Bertz CT molecular complexity index is 336. The summed E-state index contributed by atoms with van der Waals surface area (Å²) >= 11 is 5.77. The summed E-state index contributed by atoms with van der Waals surface area (Å²) in [4.78, 5) is 13.2. The lowest BCUT2D eigenvalue weighted by Gasteiger charge is -2.27. The molecule has 2 rings (SSSR count). The van der Waals surface area contributed by atoms with Crippen LogP contribution in [0.2, 0.25) is 5.02 Å². The first-order valence-corrected chi connectivity index (χ1v) is 4.96. The number of halogens is 1. The maximum atomic E-state index is 11.5. The van der Waals surface area contributed by atoms with Crippen LogP contribution in [-0.2, 0) is 0 Å². The van der Waals surface area contributed by atoms with Crippen molar-refractivity contribution in [2.45, 2.75) is 6.42 Å². The van der Waals surface area contributed by atoms with Gasteiger partial charge in [-0.15, -0.1) is 0 Å². The highest BCUT2D eigenvalue weighted by Gasteiger charge is 2.18. The van der Waals surface area contributed by atoms with E-state index in [2.05, 4.69) is 5.32 Å². The van der Waals surface area contributed by atoms with Gasteiger partial charge in [-0.2, -0.15) is 0 Å². The average Bonchev–Trinajstić information content (AvgIpc) is 2.20. The lowest BCUT2D eigenvalue weighted by atomic mass is 10.2. The topological polar surface area (TPSA) is 32.3 Å². The zero-order valence-corrected chi connectivity index (χ0v) is 8.42. The number of nitrogens with zero attached hydrogens (tertiary/aromatic N) is 1. The van der Waals surface area contributed by atoms with E-state index in [0.29, 0.717) is 5.02 Å².